The molecule has 0 atom stereocenters. The third-order valence-corrected chi connectivity index (χ3v) is 4.99. The van der Waals surface area contributed by atoms with Gasteiger partial charge in [-0.25, -0.2) is 0 Å². The molecule has 0 radical (unpaired) electrons. The SMILES string of the molecule is CN=C(NCCSc1ccccc1)NCc1nnc2n1CCCC2.I. The van der Waals surface area contributed by atoms with Crippen LogP contribution >= 0.6 is 35.7 Å². The third kappa shape index (κ3) is 5.88. The van der Waals surface area contributed by atoms with E-state index in [0.29, 0.717) is 6.54 Å². The van der Waals surface area contributed by atoms with Gasteiger partial charge in [0.05, 0.1) is 6.54 Å². The van der Waals surface area contributed by atoms with Gasteiger partial charge in [0.15, 0.2) is 11.8 Å². The van der Waals surface area contributed by atoms with Crippen LogP contribution in [-0.2, 0) is 19.5 Å². The molecule has 1 aromatic carbocycles. The summed E-state index contributed by atoms with van der Waals surface area (Å²) in [5.74, 6) is 3.90. The van der Waals surface area contributed by atoms with E-state index in [0.717, 1.165) is 42.9 Å². The maximum absolute atomic E-state index is 4.30. The van der Waals surface area contributed by atoms with Crippen molar-refractivity contribution in [1.82, 2.24) is 25.4 Å². The van der Waals surface area contributed by atoms with Gasteiger partial charge in [0.2, 0.25) is 0 Å². The van der Waals surface area contributed by atoms with E-state index in [-0.39, 0.29) is 24.0 Å². The highest BCUT2D eigenvalue weighted by atomic mass is 127. The minimum atomic E-state index is 0. The summed E-state index contributed by atoms with van der Waals surface area (Å²) in [5.41, 5.74) is 0. The van der Waals surface area contributed by atoms with Crippen LogP contribution in [0.15, 0.2) is 40.2 Å². The Hall–Kier alpha value is -1.29. The standard InChI is InChI=1S/C17H24N6S.HI/c1-18-17(19-10-12-24-14-7-3-2-4-8-14)20-13-16-22-21-15-9-5-6-11-23(15)16;/h2-4,7-8H,5-6,9-13H2,1H3,(H2,18,19,20);1H. The molecule has 0 aliphatic carbocycles. The molecule has 1 aromatic heterocycles. The number of aliphatic imine (C=N–C) groups is 1. The van der Waals surface area contributed by atoms with E-state index in [1.165, 1.54) is 17.7 Å². The zero-order valence-electron chi connectivity index (χ0n) is 14.4. The second-order valence-corrected chi connectivity index (χ2v) is 6.82. The average Bonchev–Trinajstić information content (AvgIpc) is 3.05. The highest BCUT2D eigenvalue weighted by molar-refractivity contribution is 14.0. The Labute approximate surface area is 170 Å². The molecule has 0 saturated heterocycles. The molecule has 2 N–H and O–H groups in total. The van der Waals surface area contributed by atoms with Crippen molar-refractivity contribution in [2.24, 2.45) is 4.99 Å². The zero-order valence-corrected chi connectivity index (χ0v) is 17.6. The lowest BCUT2D eigenvalue weighted by molar-refractivity contribution is 0.504. The van der Waals surface area contributed by atoms with Crippen molar-refractivity contribution in [2.75, 3.05) is 19.3 Å². The molecular formula is C17H25IN6S. The summed E-state index contributed by atoms with van der Waals surface area (Å²) in [6.07, 6.45) is 3.46. The molecule has 6 nitrogen and oxygen atoms in total. The number of rotatable bonds is 6. The molecule has 2 aromatic rings. The quantitative estimate of drug-likeness (QED) is 0.223. The lowest BCUT2D eigenvalue weighted by Crippen LogP contribution is -2.38. The number of aryl methyl sites for hydroxylation is 1. The number of aromatic nitrogens is 3. The van der Waals surface area contributed by atoms with Crippen molar-refractivity contribution in [3.63, 3.8) is 0 Å². The van der Waals surface area contributed by atoms with Crippen molar-refractivity contribution >= 4 is 41.7 Å². The molecule has 0 amide bonds. The molecule has 1 aliphatic rings. The van der Waals surface area contributed by atoms with E-state index in [2.05, 4.69) is 54.7 Å². The number of hydrogen-bond donors (Lipinski definition) is 2. The average molecular weight is 472 g/mol. The predicted octanol–water partition coefficient (Wildman–Crippen LogP) is 2.69. The molecule has 0 fully saturated rings. The van der Waals surface area contributed by atoms with Gasteiger partial charge in [-0.2, -0.15) is 0 Å². The number of fused-ring (bicyclic) bond motifs is 1. The first kappa shape index (κ1) is 20.0. The molecule has 25 heavy (non-hydrogen) atoms. The second-order valence-electron chi connectivity index (χ2n) is 5.66. The Bertz CT molecular complexity index is 673. The van der Waals surface area contributed by atoms with E-state index >= 15 is 0 Å². The molecule has 0 unspecified atom stereocenters. The summed E-state index contributed by atoms with van der Waals surface area (Å²) in [6.45, 7) is 2.54. The Morgan fingerprint density at radius 3 is 2.84 bits per heavy atom. The first-order valence-electron chi connectivity index (χ1n) is 8.40. The van der Waals surface area contributed by atoms with Gasteiger partial charge in [-0.3, -0.25) is 4.99 Å². The van der Waals surface area contributed by atoms with Gasteiger partial charge < -0.3 is 15.2 Å². The second kappa shape index (κ2) is 10.6. The molecule has 1 aliphatic heterocycles. The fraction of sp³-hybridized carbons (Fsp3) is 0.471. The zero-order chi connectivity index (χ0) is 16.6. The summed E-state index contributed by atoms with van der Waals surface area (Å²) in [7, 11) is 1.79. The number of nitrogens with zero attached hydrogens (tertiary/aromatic N) is 4. The lowest BCUT2D eigenvalue weighted by Gasteiger charge is -2.16. The minimum absolute atomic E-state index is 0. The number of hydrogen-bond acceptors (Lipinski definition) is 4. The number of nitrogens with one attached hydrogen (secondary N) is 2. The van der Waals surface area contributed by atoms with Crippen LogP contribution in [0.2, 0.25) is 0 Å². The van der Waals surface area contributed by atoms with Crippen LogP contribution in [0.5, 0.6) is 0 Å². The van der Waals surface area contributed by atoms with Gasteiger partial charge in [-0.05, 0) is 25.0 Å². The van der Waals surface area contributed by atoms with E-state index in [4.69, 9.17) is 0 Å². The van der Waals surface area contributed by atoms with Gasteiger partial charge in [0.25, 0.3) is 0 Å². The van der Waals surface area contributed by atoms with Crippen molar-refractivity contribution in [1.29, 1.82) is 0 Å². The van der Waals surface area contributed by atoms with Gasteiger partial charge in [0, 0.05) is 37.2 Å². The van der Waals surface area contributed by atoms with Crippen molar-refractivity contribution in [3.8, 4) is 0 Å². The van der Waals surface area contributed by atoms with Gasteiger partial charge in [0.1, 0.15) is 5.82 Å². The van der Waals surface area contributed by atoms with Gasteiger partial charge >= 0.3 is 0 Å². The number of guanidine groups is 1. The topological polar surface area (TPSA) is 67.1 Å². The van der Waals surface area contributed by atoms with Crippen LogP contribution in [0.4, 0.5) is 0 Å². The van der Waals surface area contributed by atoms with E-state index in [9.17, 15) is 0 Å². The van der Waals surface area contributed by atoms with Crippen LogP contribution in [0.1, 0.15) is 24.5 Å². The van der Waals surface area contributed by atoms with Gasteiger partial charge in [-0.1, -0.05) is 18.2 Å². The Morgan fingerprint density at radius 2 is 2.04 bits per heavy atom. The smallest absolute Gasteiger partial charge is 0.191 e. The first-order chi connectivity index (χ1) is 11.9. The van der Waals surface area contributed by atoms with E-state index in [1.54, 1.807) is 7.05 Å². The largest absolute Gasteiger partial charge is 0.356 e. The van der Waals surface area contributed by atoms with Crippen molar-refractivity contribution < 1.29 is 0 Å². The predicted molar refractivity (Wildman–Crippen MR) is 114 cm³/mol. The minimum Gasteiger partial charge on any atom is -0.356 e. The Morgan fingerprint density at radius 1 is 1.20 bits per heavy atom. The van der Waals surface area contributed by atoms with E-state index < -0.39 is 0 Å². The Balaban J connectivity index is 0.00000225. The maximum atomic E-state index is 4.30. The summed E-state index contributed by atoms with van der Waals surface area (Å²) in [4.78, 5) is 5.56. The highest BCUT2D eigenvalue weighted by Gasteiger charge is 2.15. The molecule has 0 saturated carbocycles. The third-order valence-electron chi connectivity index (χ3n) is 3.98. The fourth-order valence-corrected chi connectivity index (χ4v) is 3.53. The summed E-state index contributed by atoms with van der Waals surface area (Å²) in [5, 5.41) is 15.3. The first-order valence-corrected chi connectivity index (χ1v) is 9.38. The highest BCUT2D eigenvalue weighted by Crippen LogP contribution is 2.16. The molecule has 2 heterocycles. The molecule has 3 rings (SSSR count). The van der Waals surface area contributed by atoms with Gasteiger partial charge in [-0.15, -0.1) is 45.9 Å². The monoisotopic (exact) mass is 472 g/mol. The van der Waals surface area contributed by atoms with Crippen LogP contribution in [0.25, 0.3) is 0 Å². The molecular weight excluding hydrogens is 447 g/mol. The summed E-state index contributed by atoms with van der Waals surface area (Å²) in [6, 6.07) is 10.4. The molecule has 0 spiro atoms. The summed E-state index contributed by atoms with van der Waals surface area (Å²) < 4.78 is 2.23. The van der Waals surface area contributed by atoms with Crippen LogP contribution in [0, 0.1) is 0 Å². The Kier molecular flexibility index (Phi) is 8.53. The maximum Gasteiger partial charge on any atom is 0.191 e. The van der Waals surface area contributed by atoms with Crippen molar-refractivity contribution in [2.45, 2.75) is 37.2 Å². The van der Waals surface area contributed by atoms with E-state index in [1.807, 2.05) is 17.8 Å². The number of benzene rings is 1. The molecule has 136 valence electrons. The van der Waals surface area contributed by atoms with Crippen LogP contribution in [-0.4, -0.2) is 40.1 Å². The molecule has 0 bridgehead atoms. The van der Waals surface area contributed by atoms with Crippen LogP contribution < -0.4 is 10.6 Å². The lowest BCUT2D eigenvalue weighted by atomic mass is 10.2. The number of halogens is 1. The van der Waals surface area contributed by atoms with Crippen LogP contribution in [0.3, 0.4) is 0 Å². The fourth-order valence-electron chi connectivity index (χ4n) is 2.74. The number of thioether (sulfide) groups is 1. The normalized spacial score (nSPS) is 13.7. The molecule has 8 heteroatoms. The summed E-state index contributed by atoms with van der Waals surface area (Å²) >= 11 is 1.84. The van der Waals surface area contributed by atoms with Crippen molar-refractivity contribution in [3.05, 3.63) is 42.0 Å².